The molecule has 0 aromatic heterocycles. The molecule has 2 fully saturated rings. The minimum Gasteiger partial charge on any atom is -0.378 e. The van der Waals surface area contributed by atoms with Crippen molar-refractivity contribution in [1.29, 1.82) is 0 Å². The summed E-state index contributed by atoms with van der Waals surface area (Å²) in [5.41, 5.74) is 8.36. The van der Waals surface area contributed by atoms with Crippen molar-refractivity contribution in [2.24, 2.45) is 5.11 Å². The third-order valence-corrected chi connectivity index (χ3v) is 3.08. The molecular formula is C8H14N4O. The van der Waals surface area contributed by atoms with Gasteiger partial charge in [-0.1, -0.05) is 5.11 Å². The number of fused-ring (bicyclic) bond motifs is 2. The molecule has 5 heteroatoms. The highest BCUT2D eigenvalue weighted by atomic mass is 16.5. The van der Waals surface area contributed by atoms with E-state index in [0.29, 0.717) is 12.1 Å². The highest BCUT2D eigenvalue weighted by molar-refractivity contribution is 4.92. The lowest BCUT2D eigenvalue weighted by Gasteiger charge is -2.45. The number of piperidine rings is 1. The summed E-state index contributed by atoms with van der Waals surface area (Å²) in [5, 5.41) is 3.80. The first-order chi connectivity index (χ1) is 6.31. The van der Waals surface area contributed by atoms with Crippen LogP contribution in [0.4, 0.5) is 0 Å². The number of azide groups is 1. The van der Waals surface area contributed by atoms with Gasteiger partial charge in [0.2, 0.25) is 0 Å². The van der Waals surface area contributed by atoms with Crippen molar-refractivity contribution >= 4 is 0 Å². The lowest BCUT2D eigenvalue weighted by atomic mass is 9.91. The van der Waals surface area contributed by atoms with Crippen LogP contribution >= 0.6 is 0 Å². The molecule has 2 atom stereocenters. The Morgan fingerprint density at radius 1 is 1.38 bits per heavy atom. The maximum atomic E-state index is 8.36. The Kier molecular flexibility index (Phi) is 2.40. The normalized spacial score (nSPS) is 39.6. The van der Waals surface area contributed by atoms with Gasteiger partial charge >= 0.3 is 0 Å². The number of morpholine rings is 1. The fraction of sp³-hybridized carbons (Fsp3) is 1.00. The zero-order valence-electron chi connectivity index (χ0n) is 7.76. The first-order valence-electron chi connectivity index (χ1n) is 4.65. The Morgan fingerprint density at radius 2 is 2.00 bits per heavy atom. The van der Waals surface area contributed by atoms with E-state index >= 15 is 0 Å². The number of ether oxygens (including phenoxy) is 1. The zero-order valence-corrected chi connectivity index (χ0v) is 7.76. The van der Waals surface area contributed by atoms with Crippen LogP contribution < -0.4 is 0 Å². The van der Waals surface area contributed by atoms with Gasteiger partial charge in [-0.2, -0.15) is 0 Å². The molecule has 0 aromatic carbocycles. The topological polar surface area (TPSA) is 61.2 Å². The number of rotatable bonds is 1. The molecule has 0 spiro atoms. The quantitative estimate of drug-likeness (QED) is 0.347. The standard InChI is InChI=1S/C8H14N4O/c1-12-7-2-6(10-11-9)3-8(12)5-13-4-7/h6-8H,2-5H2,1H3. The van der Waals surface area contributed by atoms with Crippen LogP contribution in [0.5, 0.6) is 0 Å². The number of hydrogen-bond acceptors (Lipinski definition) is 3. The van der Waals surface area contributed by atoms with Crippen LogP contribution in [0.2, 0.25) is 0 Å². The first kappa shape index (κ1) is 8.81. The second kappa shape index (κ2) is 3.54. The van der Waals surface area contributed by atoms with E-state index in [2.05, 4.69) is 22.0 Å². The van der Waals surface area contributed by atoms with Gasteiger partial charge in [0.25, 0.3) is 0 Å². The van der Waals surface area contributed by atoms with E-state index < -0.39 is 0 Å². The molecule has 2 aliphatic rings. The van der Waals surface area contributed by atoms with Crippen LogP contribution in [0.3, 0.4) is 0 Å². The summed E-state index contributed by atoms with van der Waals surface area (Å²) in [6.07, 6.45) is 1.88. The minimum atomic E-state index is 0.181. The average Bonchev–Trinajstić information content (AvgIpc) is 2.07. The SMILES string of the molecule is CN1C2COCC1CC(N=[N+]=[N-])C2. The molecule has 2 saturated heterocycles. The minimum absolute atomic E-state index is 0.181. The van der Waals surface area contributed by atoms with Crippen LogP contribution in [0.1, 0.15) is 12.8 Å². The van der Waals surface area contributed by atoms with E-state index in [0.717, 1.165) is 26.1 Å². The van der Waals surface area contributed by atoms with Crippen molar-refractivity contribution in [1.82, 2.24) is 4.90 Å². The van der Waals surface area contributed by atoms with Crippen molar-refractivity contribution in [3.8, 4) is 0 Å². The summed E-state index contributed by atoms with van der Waals surface area (Å²) in [5.74, 6) is 0. The lowest BCUT2D eigenvalue weighted by molar-refractivity contribution is -0.0643. The second-order valence-electron chi connectivity index (χ2n) is 3.84. The van der Waals surface area contributed by atoms with E-state index in [-0.39, 0.29) is 6.04 Å². The fourth-order valence-electron chi connectivity index (χ4n) is 2.23. The van der Waals surface area contributed by atoms with Gasteiger partial charge in [-0.15, -0.1) is 0 Å². The Morgan fingerprint density at radius 3 is 2.54 bits per heavy atom. The van der Waals surface area contributed by atoms with Gasteiger partial charge in [0.15, 0.2) is 0 Å². The molecule has 5 nitrogen and oxygen atoms in total. The molecule has 2 bridgehead atoms. The van der Waals surface area contributed by atoms with Crippen LogP contribution in [0.25, 0.3) is 10.4 Å². The average molecular weight is 182 g/mol. The molecule has 2 unspecified atom stereocenters. The Hall–Kier alpha value is -0.770. The van der Waals surface area contributed by atoms with E-state index in [9.17, 15) is 0 Å². The lowest BCUT2D eigenvalue weighted by Crippen LogP contribution is -2.55. The molecule has 0 aromatic rings. The monoisotopic (exact) mass is 182 g/mol. The maximum Gasteiger partial charge on any atom is 0.0622 e. The molecule has 72 valence electrons. The van der Waals surface area contributed by atoms with Crippen molar-refractivity contribution in [3.63, 3.8) is 0 Å². The van der Waals surface area contributed by atoms with Crippen LogP contribution in [-0.2, 0) is 4.74 Å². The predicted molar refractivity (Wildman–Crippen MR) is 48.3 cm³/mol. The van der Waals surface area contributed by atoms with Gasteiger partial charge in [-0.3, -0.25) is 4.90 Å². The summed E-state index contributed by atoms with van der Waals surface area (Å²) in [4.78, 5) is 5.23. The van der Waals surface area contributed by atoms with Crippen molar-refractivity contribution in [2.45, 2.75) is 31.0 Å². The Bertz CT molecular complexity index is 224. The molecule has 2 rings (SSSR count). The summed E-state index contributed by atoms with van der Waals surface area (Å²) in [7, 11) is 2.13. The van der Waals surface area contributed by atoms with E-state index in [1.807, 2.05) is 0 Å². The van der Waals surface area contributed by atoms with Gasteiger partial charge < -0.3 is 4.74 Å². The van der Waals surface area contributed by atoms with Gasteiger partial charge in [-0.05, 0) is 25.4 Å². The zero-order chi connectivity index (χ0) is 9.26. The molecule has 0 aliphatic carbocycles. The highest BCUT2D eigenvalue weighted by Crippen LogP contribution is 2.27. The van der Waals surface area contributed by atoms with Crippen molar-refractivity contribution < 1.29 is 4.74 Å². The molecule has 0 radical (unpaired) electrons. The second-order valence-corrected chi connectivity index (χ2v) is 3.84. The van der Waals surface area contributed by atoms with Crippen LogP contribution in [-0.4, -0.2) is 43.3 Å². The number of hydrogen-bond donors (Lipinski definition) is 0. The molecule has 0 saturated carbocycles. The molecule has 2 aliphatic heterocycles. The van der Waals surface area contributed by atoms with Crippen molar-refractivity contribution in [2.75, 3.05) is 20.3 Å². The summed E-state index contributed by atoms with van der Waals surface area (Å²) in [6, 6.07) is 1.08. The van der Waals surface area contributed by atoms with Gasteiger partial charge in [0, 0.05) is 23.0 Å². The number of likely N-dealkylation sites (N-methyl/N-ethyl adjacent to an activating group) is 1. The third kappa shape index (κ3) is 1.63. The number of nitrogens with zero attached hydrogens (tertiary/aromatic N) is 4. The fourth-order valence-corrected chi connectivity index (χ4v) is 2.23. The van der Waals surface area contributed by atoms with Gasteiger partial charge in [-0.25, -0.2) is 0 Å². The maximum absolute atomic E-state index is 8.36. The predicted octanol–water partition coefficient (Wildman–Crippen LogP) is 1.16. The third-order valence-electron chi connectivity index (χ3n) is 3.08. The van der Waals surface area contributed by atoms with Crippen LogP contribution in [0, 0.1) is 0 Å². The Labute approximate surface area is 77.3 Å². The van der Waals surface area contributed by atoms with E-state index in [1.165, 1.54) is 0 Å². The Balaban J connectivity index is 2.07. The first-order valence-corrected chi connectivity index (χ1v) is 4.65. The molecule has 13 heavy (non-hydrogen) atoms. The molecule has 0 N–H and O–H groups in total. The summed E-state index contributed by atoms with van der Waals surface area (Å²) < 4.78 is 5.46. The highest BCUT2D eigenvalue weighted by Gasteiger charge is 2.36. The largest absolute Gasteiger partial charge is 0.378 e. The van der Waals surface area contributed by atoms with Gasteiger partial charge in [0.05, 0.1) is 13.2 Å². The van der Waals surface area contributed by atoms with Gasteiger partial charge in [0.1, 0.15) is 0 Å². The van der Waals surface area contributed by atoms with E-state index in [4.69, 9.17) is 10.3 Å². The summed E-state index contributed by atoms with van der Waals surface area (Å²) >= 11 is 0. The van der Waals surface area contributed by atoms with E-state index in [1.54, 1.807) is 0 Å². The van der Waals surface area contributed by atoms with Crippen molar-refractivity contribution in [3.05, 3.63) is 10.4 Å². The molecule has 0 amide bonds. The summed E-state index contributed by atoms with van der Waals surface area (Å²) in [6.45, 7) is 1.56. The molecular weight excluding hydrogens is 168 g/mol. The molecule has 2 heterocycles. The smallest absolute Gasteiger partial charge is 0.0622 e. The van der Waals surface area contributed by atoms with Crippen LogP contribution in [0.15, 0.2) is 5.11 Å².